The maximum Gasteiger partial charge on any atom is 0.266 e. The molecule has 4 rings (SSSR count). The summed E-state index contributed by atoms with van der Waals surface area (Å²) in [6.07, 6.45) is 1.56. The molecule has 2 aromatic carbocycles. The number of hydrogen-bond acceptors (Lipinski definition) is 6. The number of benzene rings is 2. The number of aryl methyl sites for hydroxylation is 1. The van der Waals surface area contributed by atoms with Gasteiger partial charge in [0.2, 0.25) is 0 Å². The maximum absolute atomic E-state index is 13.5. The molecule has 0 amide bonds. The molecule has 0 saturated carbocycles. The Morgan fingerprint density at radius 2 is 2.06 bits per heavy atom. The van der Waals surface area contributed by atoms with Crippen molar-refractivity contribution < 1.29 is 0 Å². The zero-order valence-corrected chi connectivity index (χ0v) is 18.5. The highest BCUT2D eigenvalue weighted by Gasteiger charge is 2.19. The third-order valence-corrected chi connectivity index (χ3v) is 6.12. The molecule has 31 heavy (non-hydrogen) atoms. The maximum atomic E-state index is 13.5. The number of thioether (sulfide) groups is 1. The summed E-state index contributed by atoms with van der Waals surface area (Å²) in [5, 5.41) is 4.70. The van der Waals surface area contributed by atoms with Gasteiger partial charge in [-0.3, -0.25) is 19.3 Å². The summed E-state index contributed by atoms with van der Waals surface area (Å²) in [6.45, 7) is 5.57. The molecule has 1 aliphatic heterocycles. The largest absolute Gasteiger partial charge is 0.341 e. The Labute approximate surface area is 188 Å². The lowest BCUT2D eigenvalue weighted by molar-refractivity contribution is 0.883. The molecule has 9 heteroatoms. The number of aromatic nitrogens is 2. The first-order valence-electron chi connectivity index (χ1n) is 9.41. The second-order valence-corrected chi connectivity index (χ2v) is 8.04. The van der Waals surface area contributed by atoms with E-state index in [0.717, 1.165) is 5.56 Å². The molecule has 0 fully saturated rings. The van der Waals surface area contributed by atoms with E-state index in [4.69, 9.17) is 16.6 Å². The van der Waals surface area contributed by atoms with Crippen LogP contribution in [0.1, 0.15) is 11.4 Å². The fourth-order valence-corrected chi connectivity index (χ4v) is 4.43. The van der Waals surface area contributed by atoms with Gasteiger partial charge >= 0.3 is 0 Å². The third kappa shape index (κ3) is 3.92. The Kier molecular flexibility index (Phi) is 6.01. The first-order valence-corrected chi connectivity index (χ1v) is 10.8. The van der Waals surface area contributed by atoms with Gasteiger partial charge in [-0.05, 0) is 37.4 Å². The molecule has 0 aliphatic carbocycles. The van der Waals surface area contributed by atoms with E-state index >= 15 is 0 Å². The van der Waals surface area contributed by atoms with Gasteiger partial charge in [0.05, 0.1) is 33.7 Å². The highest BCUT2D eigenvalue weighted by atomic mass is 35.5. The van der Waals surface area contributed by atoms with Crippen LogP contribution in [0.3, 0.4) is 0 Å². The molecule has 1 aromatic heterocycles. The summed E-state index contributed by atoms with van der Waals surface area (Å²) >= 11 is 7.84. The van der Waals surface area contributed by atoms with Gasteiger partial charge in [-0.2, -0.15) is 0 Å². The molecule has 156 valence electrons. The monoisotopic (exact) mass is 450 g/mol. The van der Waals surface area contributed by atoms with Gasteiger partial charge in [0.15, 0.2) is 5.84 Å². The van der Waals surface area contributed by atoms with Crippen molar-refractivity contribution in [3.8, 4) is 5.69 Å². The van der Waals surface area contributed by atoms with Gasteiger partial charge in [-0.1, -0.05) is 47.6 Å². The number of fused-ring (bicyclic) bond motifs is 1. The van der Waals surface area contributed by atoms with E-state index in [0.29, 0.717) is 49.8 Å². The summed E-state index contributed by atoms with van der Waals surface area (Å²) in [4.78, 5) is 30.8. The summed E-state index contributed by atoms with van der Waals surface area (Å²) in [5.41, 5.74) is 2.60. The highest BCUT2D eigenvalue weighted by molar-refractivity contribution is 8.02. The molecule has 0 bridgehead atoms. The number of hydrogen-bond donors (Lipinski definition) is 1. The van der Waals surface area contributed by atoms with Crippen molar-refractivity contribution in [3.63, 3.8) is 0 Å². The van der Waals surface area contributed by atoms with E-state index in [9.17, 15) is 4.79 Å². The molecule has 2 heterocycles. The van der Waals surface area contributed by atoms with Crippen LogP contribution in [0.25, 0.3) is 16.6 Å². The topological polar surface area (TPSA) is 84.0 Å². The van der Waals surface area contributed by atoms with Gasteiger partial charge < -0.3 is 5.32 Å². The average Bonchev–Trinajstić information content (AvgIpc) is 3.24. The van der Waals surface area contributed by atoms with Crippen molar-refractivity contribution in [2.45, 2.75) is 12.7 Å². The van der Waals surface area contributed by atoms with Crippen LogP contribution in [0.2, 0.25) is 5.02 Å². The fourth-order valence-electron chi connectivity index (χ4n) is 3.36. The molecule has 1 N–H and O–H groups in total. The minimum Gasteiger partial charge on any atom is -0.341 e. The molecule has 1 aliphatic rings. The Bertz CT molecular complexity index is 1340. The van der Waals surface area contributed by atoms with Crippen LogP contribution in [0.5, 0.6) is 0 Å². The first-order chi connectivity index (χ1) is 15.0. The number of rotatable bonds is 5. The van der Waals surface area contributed by atoms with Gasteiger partial charge in [-0.15, -0.1) is 0 Å². The van der Waals surface area contributed by atoms with Gasteiger partial charge in [0.1, 0.15) is 16.6 Å². The number of nitrogens with zero attached hydrogens (tertiary/aromatic N) is 5. The Hall–Kier alpha value is -3.23. The predicted octanol–water partition coefficient (Wildman–Crippen LogP) is 4.11. The lowest BCUT2D eigenvalue weighted by Crippen LogP contribution is -2.24. The average molecular weight is 451 g/mol. The van der Waals surface area contributed by atoms with Crippen LogP contribution >= 0.6 is 23.4 Å². The highest BCUT2D eigenvalue weighted by Crippen LogP contribution is 2.28. The Balaban J connectivity index is 1.87. The number of para-hydroxylation sites is 1. The summed E-state index contributed by atoms with van der Waals surface area (Å²) in [6, 6.07) is 12.9. The smallest absolute Gasteiger partial charge is 0.266 e. The van der Waals surface area contributed by atoms with E-state index in [1.54, 1.807) is 24.0 Å². The predicted molar refractivity (Wildman–Crippen MR) is 130 cm³/mol. The van der Waals surface area contributed by atoms with Crippen LogP contribution in [0.15, 0.2) is 73.0 Å². The lowest BCUT2D eigenvalue weighted by atomic mass is 10.1. The zero-order valence-electron chi connectivity index (χ0n) is 17.0. The SMILES string of the molecule is C=N/C(SCc1nc2cccc(C)c2c(=O)n1-c1ccccc1Cl)=C1/NC=NC1=NC. The summed E-state index contributed by atoms with van der Waals surface area (Å²) in [7, 11) is 1.66. The molecule has 0 saturated heterocycles. The molecule has 3 aromatic rings. The van der Waals surface area contributed by atoms with Crippen molar-refractivity contribution in [3.05, 3.63) is 80.0 Å². The number of nitrogens with one attached hydrogen (secondary N) is 1. The van der Waals surface area contributed by atoms with Crippen molar-refractivity contribution in [2.75, 3.05) is 7.05 Å². The second-order valence-electron chi connectivity index (χ2n) is 6.67. The molecule has 7 nitrogen and oxygen atoms in total. The van der Waals surface area contributed by atoms with Crippen LogP contribution in [-0.4, -0.2) is 35.5 Å². The quantitative estimate of drug-likeness (QED) is 0.593. The second kappa shape index (κ2) is 8.87. The molecular weight excluding hydrogens is 432 g/mol. The minimum absolute atomic E-state index is 0.161. The van der Waals surface area contributed by atoms with E-state index in [1.807, 2.05) is 43.3 Å². The van der Waals surface area contributed by atoms with Crippen molar-refractivity contribution in [1.29, 1.82) is 0 Å². The fraction of sp³-hybridized carbons (Fsp3) is 0.136. The summed E-state index contributed by atoms with van der Waals surface area (Å²) < 4.78 is 1.57. The van der Waals surface area contributed by atoms with Crippen molar-refractivity contribution in [1.82, 2.24) is 14.9 Å². The minimum atomic E-state index is -0.161. The molecule has 0 unspecified atom stereocenters. The zero-order chi connectivity index (χ0) is 22.0. The van der Waals surface area contributed by atoms with Crippen LogP contribution in [-0.2, 0) is 5.75 Å². The summed E-state index contributed by atoms with van der Waals surface area (Å²) in [5.74, 6) is 1.46. The number of halogens is 1. The number of aliphatic imine (C=N–C) groups is 3. The number of amidine groups is 1. The molecule has 0 radical (unpaired) electrons. The van der Waals surface area contributed by atoms with E-state index in [2.05, 4.69) is 27.0 Å². The third-order valence-electron chi connectivity index (χ3n) is 4.80. The first kappa shape index (κ1) is 21.0. The van der Waals surface area contributed by atoms with Crippen LogP contribution < -0.4 is 10.9 Å². The van der Waals surface area contributed by atoms with Gasteiger partial charge in [0, 0.05) is 7.05 Å². The van der Waals surface area contributed by atoms with E-state index < -0.39 is 0 Å². The van der Waals surface area contributed by atoms with Gasteiger partial charge in [-0.25, -0.2) is 9.98 Å². The van der Waals surface area contributed by atoms with Crippen LogP contribution in [0, 0.1) is 6.92 Å². The Morgan fingerprint density at radius 1 is 1.26 bits per heavy atom. The Morgan fingerprint density at radius 3 is 2.81 bits per heavy atom. The van der Waals surface area contributed by atoms with Crippen LogP contribution in [0.4, 0.5) is 0 Å². The lowest BCUT2D eigenvalue weighted by Gasteiger charge is -2.16. The standard InChI is InChI=1S/C22H19ClN6OS/c1-13-7-6-9-15-18(13)22(30)29(16-10-5-4-8-14(16)23)17(28-15)11-31-21(25-3)19-20(24-2)27-12-26-19/h4-10,12H,3,11H2,1-2H3,(H,24,26,27)/b21-19-. The normalized spacial score (nSPS) is 16.0. The van der Waals surface area contributed by atoms with Crippen molar-refractivity contribution in [2.24, 2.45) is 15.0 Å². The molecule has 0 spiro atoms. The van der Waals surface area contributed by atoms with Crippen molar-refractivity contribution >= 4 is 53.2 Å². The van der Waals surface area contributed by atoms with Gasteiger partial charge in [0.25, 0.3) is 5.56 Å². The van der Waals surface area contributed by atoms with E-state index in [1.165, 1.54) is 11.8 Å². The van der Waals surface area contributed by atoms with E-state index in [-0.39, 0.29) is 5.56 Å². The molecule has 0 atom stereocenters. The molecular formula is C22H19ClN6OS.